The van der Waals surface area contributed by atoms with Gasteiger partial charge in [0.15, 0.2) is 0 Å². The van der Waals surface area contributed by atoms with Crippen LogP contribution in [-0.4, -0.2) is 38.0 Å². The summed E-state index contributed by atoms with van der Waals surface area (Å²) in [6.07, 6.45) is 1.72. The van der Waals surface area contributed by atoms with Gasteiger partial charge in [0, 0.05) is 12.7 Å². The number of carboxylic acids is 1. The molecule has 1 rings (SSSR count). The molecule has 0 fully saturated rings. The van der Waals surface area contributed by atoms with E-state index in [1.54, 1.807) is 32.0 Å². The van der Waals surface area contributed by atoms with Crippen LogP contribution in [-0.2, 0) is 26.0 Å². The van der Waals surface area contributed by atoms with Crippen molar-refractivity contribution in [3.63, 3.8) is 0 Å². The van der Waals surface area contributed by atoms with Crippen molar-refractivity contribution in [3.05, 3.63) is 41.6 Å². The summed E-state index contributed by atoms with van der Waals surface area (Å²) in [5.74, 6) is -2.28. The van der Waals surface area contributed by atoms with E-state index in [4.69, 9.17) is 15.5 Å². The third kappa shape index (κ3) is 7.08. The molecule has 27 heavy (non-hydrogen) atoms. The molecule has 0 aliphatic heterocycles. The lowest BCUT2D eigenvalue weighted by atomic mass is 10.0. The van der Waals surface area contributed by atoms with Crippen LogP contribution in [0, 0.1) is 17.2 Å². The lowest BCUT2D eigenvalue weighted by Crippen LogP contribution is -2.44. The lowest BCUT2D eigenvalue weighted by Gasteiger charge is -2.17. The van der Waals surface area contributed by atoms with Crippen LogP contribution in [0.1, 0.15) is 19.4 Å². The van der Waals surface area contributed by atoms with Crippen molar-refractivity contribution in [3.8, 4) is 6.07 Å². The Morgan fingerprint density at radius 2 is 1.89 bits per heavy atom. The maximum absolute atomic E-state index is 12.0. The van der Waals surface area contributed by atoms with Gasteiger partial charge in [-0.15, -0.1) is 0 Å². The number of carboxylic acid groups (broad SMARTS) is 1. The molecule has 0 radical (unpaired) electrons. The third-order valence-electron chi connectivity index (χ3n) is 3.64. The van der Waals surface area contributed by atoms with E-state index in [0.29, 0.717) is 13.0 Å². The standard InChI is InChI=1S/C17H22N4O5S/c1-11(2)15(17(23)24)21-16(22)13(9-18)10-20-8-7-12-3-5-14(6-4-12)27(19,25)26/h3-6,10-11,15,20H,7-8H2,1-2H3,(H,21,22)(H,23,24)(H2,19,25,26)/b13-10-. The maximum atomic E-state index is 12.0. The van der Waals surface area contributed by atoms with E-state index in [9.17, 15) is 18.0 Å². The molecule has 10 heteroatoms. The second kappa shape index (κ2) is 9.70. The summed E-state index contributed by atoms with van der Waals surface area (Å²) in [5.41, 5.74) is 0.587. The van der Waals surface area contributed by atoms with Crippen molar-refractivity contribution in [2.75, 3.05) is 6.54 Å². The minimum atomic E-state index is -3.74. The Hall–Kier alpha value is -2.90. The van der Waals surface area contributed by atoms with Gasteiger partial charge in [0.05, 0.1) is 4.90 Å². The number of aliphatic carboxylic acids is 1. The van der Waals surface area contributed by atoms with Gasteiger partial charge in [0.25, 0.3) is 5.91 Å². The van der Waals surface area contributed by atoms with E-state index < -0.39 is 27.9 Å². The fourth-order valence-corrected chi connectivity index (χ4v) is 2.63. The summed E-state index contributed by atoms with van der Waals surface area (Å²) in [7, 11) is -3.74. The fraction of sp³-hybridized carbons (Fsp3) is 0.353. The molecule has 1 aromatic rings. The summed E-state index contributed by atoms with van der Waals surface area (Å²) in [6, 6.07) is 6.65. The number of carbonyl (C=O) groups is 2. The average Bonchev–Trinajstić information content (AvgIpc) is 2.58. The van der Waals surface area contributed by atoms with Crippen molar-refractivity contribution in [1.82, 2.24) is 10.6 Å². The SMILES string of the molecule is CC(C)C(NC(=O)/C(C#N)=C\NCCc1ccc(S(N)(=O)=O)cc1)C(=O)O. The zero-order chi connectivity index (χ0) is 20.6. The lowest BCUT2D eigenvalue weighted by molar-refractivity contribution is -0.142. The van der Waals surface area contributed by atoms with Gasteiger partial charge < -0.3 is 15.7 Å². The van der Waals surface area contributed by atoms with Crippen molar-refractivity contribution < 1.29 is 23.1 Å². The Morgan fingerprint density at radius 3 is 2.33 bits per heavy atom. The zero-order valence-electron chi connectivity index (χ0n) is 15.0. The van der Waals surface area contributed by atoms with Gasteiger partial charge in [0.1, 0.15) is 17.7 Å². The molecule has 0 spiro atoms. The Morgan fingerprint density at radius 1 is 1.30 bits per heavy atom. The van der Waals surface area contributed by atoms with Crippen LogP contribution in [0.4, 0.5) is 0 Å². The Balaban J connectivity index is 2.63. The highest BCUT2D eigenvalue weighted by molar-refractivity contribution is 7.89. The molecular weight excluding hydrogens is 372 g/mol. The van der Waals surface area contributed by atoms with Gasteiger partial charge in [-0.25, -0.2) is 18.4 Å². The summed E-state index contributed by atoms with van der Waals surface area (Å²) in [5, 5.41) is 28.3. The molecule has 5 N–H and O–H groups in total. The van der Waals surface area contributed by atoms with Crippen LogP contribution in [0.2, 0.25) is 0 Å². The van der Waals surface area contributed by atoms with Gasteiger partial charge >= 0.3 is 5.97 Å². The molecule has 0 saturated carbocycles. The third-order valence-corrected chi connectivity index (χ3v) is 4.57. The van der Waals surface area contributed by atoms with E-state index in [-0.39, 0.29) is 16.4 Å². The molecule has 0 aliphatic carbocycles. The highest BCUT2D eigenvalue weighted by Gasteiger charge is 2.24. The zero-order valence-corrected chi connectivity index (χ0v) is 15.8. The first-order valence-corrected chi connectivity index (χ1v) is 9.60. The first-order chi connectivity index (χ1) is 12.6. The van der Waals surface area contributed by atoms with E-state index >= 15 is 0 Å². The number of nitrogens with one attached hydrogen (secondary N) is 2. The van der Waals surface area contributed by atoms with Gasteiger partial charge in [-0.3, -0.25) is 4.79 Å². The van der Waals surface area contributed by atoms with Crippen molar-refractivity contribution in [2.24, 2.45) is 11.1 Å². The minimum absolute atomic E-state index is 0.0145. The number of nitrogens with zero attached hydrogens (tertiary/aromatic N) is 1. The summed E-state index contributed by atoms with van der Waals surface area (Å²) in [4.78, 5) is 23.1. The molecular formula is C17H22N4O5S. The monoisotopic (exact) mass is 394 g/mol. The number of primary sulfonamides is 1. The quantitative estimate of drug-likeness (QED) is 0.262. The van der Waals surface area contributed by atoms with E-state index in [0.717, 1.165) is 5.56 Å². The maximum Gasteiger partial charge on any atom is 0.326 e. The molecule has 1 atom stereocenters. The fourth-order valence-electron chi connectivity index (χ4n) is 2.12. The van der Waals surface area contributed by atoms with Crippen LogP contribution in [0.3, 0.4) is 0 Å². The molecule has 1 unspecified atom stereocenters. The number of benzene rings is 1. The van der Waals surface area contributed by atoms with Crippen LogP contribution >= 0.6 is 0 Å². The van der Waals surface area contributed by atoms with E-state index in [1.807, 2.05) is 0 Å². The largest absolute Gasteiger partial charge is 0.480 e. The number of hydrogen-bond donors (Lipinski definition) is 4. The number of nitrogens with two attached hydrogens (primary N) is 1. The van der Waals surface area contributed by atoms with Gasteiger partial charge in [-0.05, 0) is 30.0 Å². The summed E-state index contributed by atoms with van der Waals surface area (Å²) >= 11 is 0. The van der Waals surface area contributed by atoms with Crippen LogP contribution < -0.4 is 15.8 Å². The number of carbonyl (C=O) groups excluding carboxylic acids is 1. The van der Waals surface area contributed by atoms with E-state index in [2.05, 4.69) is 10.6 Å². The van der Waals surface area contributed by atoms with Crippen molar-refractivity contribution >= 4 is 21.9 Å². The molecule has 0 aromatic heterocycles. The van der Waals surface area contributed by atoms with Gasteiger partial charge in [0.2, 0.25) is 10.0 Å². The number of sulfonamides is 1. The van der Waals surface area contributed by atoms with Gasteiger partial charge in [-0.2, -0.15) is 5.26 Å². The first-order valence-electron chi connectivity index (χ1n) is 8.05. The first kappa shape index (κ1) is 22.1. The number of hydrogen-bond acceptors (Lipinski definition) is 6. The smallest absolute Gasteiger partial charge is 0.326 e. The Kier molecular flexibility index (Phi) is 7.96. The second-order valence-electron chi connectivity index (χ2n) is 6.10. The predicted molar refractivity (Wildman–Crippen MR) is 97.6 cm³/mol. The molecule has 9 nitrogen and oxygen atoms in total. The topological polar surface area (TPSA) is 162 Å². The van der Waals surface area contributed by atoms with Crippen LogP contribution in [0.15, 0.2) is 40.9 Å². The second-order valence-corrected chi connectivity index (χ2v) is 7.66. The molecule has 1 amide bonds. The van der Waals surface area contributed by atoms with Crippen LogP contribution in [0.25, 0.3) is 0 Å². The molecule has 0 aliphatic rings. The Labute approximate surface area is 157 Å². The molecule has 146 valence electrons. The molecule has 0 heterocycles. The number of rotatable bonds is 9. The predicted octanol–water partition coefficient (Wildman–Crippen LogP) is 0.0990. The highest BCUT2D eigenvalue weighted by atomic mass is 32.2. The molecule has 0 bridgehead atoms. The van der Waals surface area contributed by atoms with Crippen LogP contribution in [0.5, 0.6) is 0 Å². The van der Waals surface area contributed by atoms with Crippen molar-refractivity contribution in [1.29, 1.82) is 5.26 Å². The normalized spacial score (nSPS) is 12.9. The average molecular weight is 394 g/mol. The van der Waals surface area contributed by atoms with E-state index in [1.165, 1.54) is 18.3 Å². The van der Waals surface area contributed by atoms with Gasteiger partial charge in [-0.1, -0.05) is 26.0 Å². The Bertz CT molecular complexity index is 854. The highest BCUT2D eigenvalue weighted by Crippen LogP contribution is 2.09. The number of nitriles is 1. The minimum Gasteiger partial charge on any atom is -0.480 e. The molecule has 1 aromatic carbocycles. The summed E-state index contributed by atoms with van der Waals surface area (Å²) < 4.78 is 22.4. The summed E-state index contributed by atoms with van der Waals surface area (Å²) in [6.45, 7) is 3.67. The molecule has 0 saturated heterocycles. The van der Waals surface area contributed by atoms with Crippen molar-refractivity contribution in [2.45, 2.75) is 31.2 Å². The number of amides is 1.